The highest BCUT2D eigenvalue weighted by Crippen LogP contribution is 2.60. The Morgan fingerprint density at radius 2 is 1.69 bits per heavy atom. The number of carbonyl (C=O) groups is 2. The maximum absolute atomic E-state index is 13.0. The molecule has 1 aliphatic carbocycles. The van der Waals surface area contributed by atoms with Crippen LogP contribution in [0.4, 0.5) is 0 Å². The van der Waals surface area contributed by atoms with Crippen LogP contribution in [0.15, 0.2) is 11.6 Å². The van der Waals surface area contributed by atoms with Gasteiger partial charge in [-0.25, -0.2) is 0 Å². The number of hydrogen-bond donors (Lipinski definition) is 1. The minimum atomic E-state index is 0.0647. The summed E-state index contributed by atoms with van der Waals surface area (Å²) in [5.41, 5.74) is 1.35. The monoisotopic (exact) mass is 403 g/mol. The first kappa shape index (κ1) is 22.3. The molecule has 3 fully saturated rings. The highest BCUT2D eigenvalue weighted by Gasteiger charge is 2.61. The number of rotatable bonds is 7. The molecule has 29 heavy (non-hydrogen) atoms. The predicted molar refractivity (Wildman–Crippen MR) is 117 cm³/mol. The van der Waals surface area contributed by atoms with Crippen LogP contribution in [0, 0.1) is 23.2 Å². The van der Waals surface area contributed by atoms with Crippen molar-refractivity contribution in [3.8, 4) is 0 Å². The molecule has 2 heterocycles. The largest absolute Gasteiger partial charge is 0.356 e. The van der Waals surface area contributed by atoms with E-state index < -0.39 is 0 Å². The van der Waals surface area contributed by atoms with Crippen molar-refractivity contribution in [3.63, 3.8) is 0 Å². The van der Waals surface area contributed by atoms with Crippen LogP contribution in [0.2, 0.25) is 0 Å². The second kappa shape index (κ2) is 9.63. The molecule has 1 N–H and O–H groups in total. The zero-order valence-corrected chi connectivity index (χ0v) is 19.0. The number of amides is 2. The Balaban J connectivity index is 1.36. The fourth-order valence-electron chi connectivity index (χ4n) is 5.22. The highest BCUT2D eigenvalue weighted by molar-refractivity contribution is 5.84. The minimum absolute atomic E-state index is 0.0647. The van der Waals surface area contributed by atoms with Gasteiger partial charge in [-0.1, -0.05) is 31.9 Å². The van der Waals surface area contributed by atoms with Gasteiger partial charge in [0.05, 0.1) is 5.92 Å². The summed E-state index contributed by atoms with van der Waals surface area (Å²) in [6.45, 7) is 14.3. The number of nitrogens with zero attached hydrogens (tertiary/aromatic N) is 2. The van der Waals surface area contributed by atoms with Gasteiger partial charge in [0, 0.05) is 25.6 Å². The quantitative estimate of drug-likeness (QED) is 0.523. The Hall–Kier alpha value is -1.36. The summed E-state index contributed by atoms with van der Waals surface area (Å²) >= 11 is 0. The number of likely N-dealkylation sites (tertiary alicyclic amines) is 2. The molecule has 1 saturated carbocycles. The van der Waals surface area contributed by atoms with E-state index in [-0.39, 0.29) is 29.1 Å². The molecule has 0 radical (unpaired) electrons. The standard InChI is InChI=1S/C24H41N3O2/c1-18(2)17-20-21(24(20,3)4)23(29)27-15-9-19(10-16-27)22(28)25-11-8-14-26-12-6-5-7-13-26/h17,19-21H,5-16H2,1-4H3,(H,25,28)/t20-,21+/m1/s1. The lowest BCUT2D eigenvalue weighted by atomic mass is 9.95. The van der Waals surface area contributed by atoms with Gasteiger partial charge in [0.1, 0.15) is 0 Å². The van der Waals surface area contributed by atoms with E-state index in [0.717, 1.165) is 45.4 Å². The van der Waals surface area contributed by atoms with Crippen LogP contribution in [-0.4, -0.2) is 60.9 Å². The third-order valence-corrected chi connectivity index (χ3v) is 7.27. The Morgan fingerprint density at radius 3 is 2.31 bits per heavy atom. The summed E-state index contributed by atoms with van der Waals surface area (Å²) in [7, 11) is 0. The lowest BCUT2D eigenvalue weighted by Crippen LogP contribution is -2.44. The second-order valence-electron chi connectivity index (χ2n) is 10.2. The Kier molecular flexibility index (Phi) is 7.42. The lowest BCUT2D eigenvalue weighted by Gasteiger charge is -2.32. The number of allylic oxidation sites excluding steroid dienone is 2. The van der Waals surface area contributed by atoms with Crippen molar-refractivity contribution < 1.29 is 9.59 Å². The van der Waals surface area contributed by atoms with Crippen molar-refractivity contribution in [1.29, 1.82) is 0 Å². The molecule has 5 nitrogen and oxygen atoms in total. The van der Waals surface area contributed by atoms with Gasteiger partial charge in [0.15, 0.2) is 0 Å². The maximum atomic E-state index is 13.0. The van der Waals surface area contributed by atoms with Gasteiger partial charge < -0.3 is 15.1 Å². The Labute approximate surface area is 177 Å². The number of hydrogen-bond acceptors (Lipinski definition) is 3. The Bertz CT molecular complexity index is 610. The van der Waals surface area contributed by atoms with E-state index in [2.05, 4.69) is 44.0 Å². The van der Waals surface area contributed by atoms with E-state index >= 15 is 0 Å². The van der Waals surface area contributed by atoms with Gasteiger partial charge in [-0.05, 0) is 76.9 Å². The molecular formula is C24H41N3O2. The summed E-state index contributed by atoms with van der Waals surface area (Å²) in [5, 5.41) is 3.14. The summed E-state index contributed by atoms with van der Waals surface area (Å²) < 4.78 is 0. The van der Waals surface area contributed by atoms with Crippen LogP contribution in [0.25, 0.3) is 0 Å². The van der Waals surface area contributed by atoms with Gasteiger partial charge in [-0.3, -0.25) is 9.59 Å². The van der Waals surface area contributed by atoms with Gasteiger partial charge in [-0.15, -0.1) is 0 Å². The zero-order valence-electron chi connectivity index (χ0n) is 19.0. The minimum Gasteiger partial charge on any atom is -0.356 e. The first-order valence-corrected chi connectivity index (χ1v) is 11.7. The Morgan fingerprint density at radius 1 is 1.03 bits per heavy atom. The van der Waals surface area contributed by atoms with Crippen LogP contribution in [0.5, 0.6) is 0 Å². The van der Waals surface area contributed by atoms with Gasteiger partial charge in [0.2, 0.25) is 11.8 Å². The zero-order chi connectivity index (χ0) is 21.0. The van der Waals surface area contributed by atoms with Gasteiger partial charge >= 0.3 is 0 Å². The van der Waals surface area contributed by atoms with Crippen LogP contribution >= 0.6 is 0 Å². The predicted octanol–water partition coefficient (Wildman–Crippen LogP) is 3.46. The summed E-state index contributed by atoms with van der Waals surface area (Å²) in [6, 6.07) is 0. The van der Waals surface area contributed by atoms with Crippen molar-refractivity contribution in [2.75, 3.05) is 39.3 Å². The van der Waals surface area contributed by atoms with E-state index in [0.29, 0.717) is 5.92 Å². The molecule has 0 unspecified atom stereocenters. The molecule has 0 aromatic heterocycles. The topological polar surface area (TPSA) is 52.7 Å². The molecule has 0 aromatic rings. The van der Waals surface area contributed by atoms with Crippen LogP contribution in [-0.2, 0) is 9.59 Å². The third kappa shape index (κ3) is 5.62. The fourth-order valence-corrected chi connectivity index (χ4v) is 5.22. The first-order valence-electron chi connectivity index (χ1n) is 11.7. The normalized spacial score (nSPS) is 27.4. The SMILES string of the molecule is CC(C)=C[C@@H]1[C@@H](C(=O)N2CCC(C(=O)NCCCN3CCCCC3)CC2)C1(C)C. The van der Waals surface area contributed by atoms with Crippen LogP contribution in [0.1, 0.15) is 66.2 Å². The average Bonchev–Trinajstić information content (AvgIpc) is 3.24. The summed E-state index contributed by atoms with van der Waals surface area (Å²) in [6.07, 6.45) is 8.88. The van der Waals surface area contributed by atoms with Crippen molar-refractivity contribution in [2.45, 2.75) is 66.2 Å². The van der Waals surface area contributed by atoms with Crippen LogP contribution in [0.3, 0.4) is 0 Å². The van der Waals surface area contributed by atoms with E-state index in [1.165, 1.54) is 37.9 Å². The lowest BCUT2D eigenvalue weighted by molar-refractivity contribution is -0.137. The smallest absolute Gasteiger partial charge is 0.226 e. The molecule has 2 saturated heterocycles. The molecule has 2 amide bonds. The molecule has 0 aromatic carbocycles. The molecule has 2 aliphatic heterocycles. The molecule has 3 aliphatic rings. The van der Waals surface area contributed by atoms with Crippen molar-refractivity contribution >= 4 is 11.8 Å². The second-order valence-corrected chi connectivity index (χ2v) is 10.2. The maximum Gasteiger partial charge on any atom is 0.226 e. The highest BCUT2D eigenvalue weighted by atomic mass is 16.2. The molecular weight excluding hydrogens is 362 g/mol. The van der Waals surface area contributed by atoms with E-state index in [9.17, 15) is 9.59 Å². The van der Waals surface area contributed by atoms with E-state index in [4.69, 9.17) is 0 Å². The van der Waals surface area contributed by atoms with E-state index in [1.54, 1.807) is 0 Å². The van der Waals surface area contributed by atoms with E-state index in [1.807, 2.05) is 4.90 Å². The van der Waals surface area contributed by atoms with Gasteiger partial charge in [0.25, 0.3) is 0 Å². The van der Waals surface area contributed by atoms with Crippen molar-refractivity contribution in [3.05, 3.63) is 11.6 Å². The molecule has 0 bridgehead atoms. The summed E-state index contributed by atoms with van der Waals surface area (Å²) in [5.74, 6) is 1.01. The molecule has 0 spiro atoms. The third-order valence-electron chi connectivity index (χ3n) is 7.27. The molecule has 2 atom stereocenters. The number of carbonyl (C=O) groups excluding carboxylic acids is 2. The van der Waals surface area contributed by atoms with Crippen molar-refractivity contribution in [1.82, 2.24) is 15.1 Å². The number of nitrogens with one attached hydrogen (secondary N) is 1. The van der Waals surface area contributed by atoms with Crippen LogP contribution < -0.4 is 5.32 Å². The van der Waals surface area contributed by atoms with Gasteiger partial charge in [-0.2, -0.15) is 0 Å². The fraction of sp³-hybridized carbons (Fsp3) is 0.833. The average molecular weight is 404 g/mol. The molecule has 5 heteroatoms. The summed E-state index contributed by atoms with van der Waals surface area (Å²) in [4.78, 5) is 30.0. The molecule has 164 valence electrons. The first-order chi connectivity index (χ1) is 13.8. The molecule has 3 rings (SSSR count). The number of piperidine rings is 2. The van der Waals surface area contributed by atoms with Crippen molar-refractivity contribution in [2.24, 2.45) is 23.2 Å².